The number of rotatable bonds is 1. The fraction of sp³-hybridized carbons (Fsp3) is 0.667. The van der Waals surface area contributed by atoms with Crippen LogP contribution in [0, 0.1) is 5.92 Å². The SMILES string of the molecule is O=C1CCCC1C(=O)N1CCSC1=S. The summed E-state index contributed by atoms with van der Waals surface area (Å²) in [5.41, 5.74) is 0. The lowest BCUT2D eigenvalue weighted by Crippen LogP contribution is -2.37. The van der Waals surface area contributed by atoms with Gasteiger partial charge in [-0.3, -0.25) is 14.5 Å². The Morgan fingerprint density at radius 2 is 2.36 bits per heavy atom. The molecule has 0 aromatic rings. The van der Waals surface area contributed by atoms with E-state index in [0.717, 1.165) is 12.2 Å². The first-order valence-electron chi connectivity index (χ1n) is 4.71. The van der Waals surface area contributed by atoms with Gasteiger partial charge < -0.3 is 0 Å². The van der Waals surface area contributed by atoms with Gasteiger partial charge in [0, 0.05) is 18.7 Å². The van der Waals surface area contributed by atoms with Gasteiger partial charge in [0.25, 0.3) is 0 Å². The van der Waals surface area contributed by atoms with Crippen molar-refractivity contribution in [2.75, 3.05) is 12.3 Å². The molecule has 1 aliphatic heterocycles. The predicted octanol–water partition coefficient (Wildman–Crippen LogP) is 1.22. The molecule has 0 aromatic carbocycles. The molecule has 76 valence electrons. The van der Waals surface area contributed by atoms with E-state index in [1.807, 2.05) is 0 Å². The second kappa shape index (κ2) is 3.98. The molecule has 0 bridgehead atoms. The van der Waals surface area contributed by atoms with Gasteiger partial charge in [-0.2, -0.15) is 0 Å². The highest BCUT2D eigenvalue weighted by molar-refractivity contribution is 8.23. The van der Waals surface area contributed by atoms with E-state index in [-0.39, 0.29) is 11.7 Å². The number of Topliss-reactive ketones (excluding diaryl/α,β-unsaturated/α-hetero) is 1. The van der Waals surface area contributed by atoms with Gasteiger partial charge in [-0.1, -0.05) is 24.0 Å². The van der Waals surface area contributed by atoms with E-state index < -0.39 is 5.92 Å². The molecule has 1 saturated carbocycles. The molecule has 0 N–H and O–H groups in total. The van der Waals surface area contributed by atoms with Gasteiger partial charge in [0.2, 0.25) is 5.91 Å². The largest absolute Gasteiger partial charge is 0.299 e. The highest BCUT2D eigenvalue weighted by atomic mass is 32.2. The lowest BCUT2D eigenvalue weighted by atomic mass is 10.1. The van der Waals surface area contributed by atoms with Gasteiger partial charge in [-0.05, 0) is 12.8 Å². The maximum atomic E-state index is 11.9. The number of ketones is 1. The maximum absolute atomic E-state index is 11.9. The van der Waals surface area contributed by atoms with Gasteiger partial charge in [-0.15, -0.1) is 0 Å². The Hall–Kier alpha value is -0.420. The molecular formula is C9H11NO2S2. The first-order chi connectivity index (χ1) is 6.70. The van der Waals surface area contributed by atoms with Gasteiger partial charge in [-0.25, -0.2) is 0 Å². The van der Waals surface area contributed by atoms with Gasteiger partial charge in [0.05, 0.1) is 5.92 Å². The summed E-state index contributed by atoms with van der Waals surface area (Å²) in [5.74, 6) is 0.495. The lowest BCUT2D eigenvalue weighted by Gasteiger charge is -2.17. The molecule has 1 saturated heterocycles. The van der Waals surface area contributed by atoms with E-state index in [1.165, 1.54) is 11.8 Å². The Morgan fingerprint density at radius 3 is 2.86 bits per heavy atom. The van der Waals surface area contributed by atoms with Crippen LogP contribution in [-0.2, 0) is 9.59 Å². The second-order valence-electron chi connectivity index (χ2n) is 3.52. The first-order valence-corrected chi connectivity index (χ1v) is 6.10. The third-order valence-electron chi connectivity index (χ3n) is 2.63. The number of hydrogen-bond donors (Lipinski definition) is 0. The summed E-state index contributed by atoms with van der Waals surface area (Å²) in [5, 5.41) is 0. The normalized spacial score (nSPS) is 27.4. The number of amides is 1. The van der Waals surface area contributed by atoms with Crippen molar-refractivity contribution in [1.29, 1.82) is 0 Å². The molecule has 0 radical (unpaired) electrons. The van der Waals surface area contributed by atoms with Crippen LogP contribution in [0.1, 0.15) is 19.3 Å². The number of hydrogen-bond acceptors (Lipinski definition) is 4. The third kappa shape index (κ3) is 1.70. The zero-order valence-corrected chi connectivity index (χ0v) is 9.33. The smallest absolute Gasteiger partial charge is 0.238 e. The molecular weight excluding hydrogens is 218 g/mol. The number of carbonyl (C=O) groups excluding carboxylic acids is 2. The van der Waals surface area contributed by atoms with Crippen LogP contribution < -0.4 is 0 Å². The maximum Gasteiger partial charge on any atom is 0.238 e. The summed E-state index contributed by atoms with van der Waals surface area (Å²) in [6, 6.07) is 0. The number of carbonyl (C=O) groups is 2. The van der Waals surface area contributed by atoms with Crippen LogP contribution in [0.25, 0.3) is 0 Å². The molecule has 1 amide bonds. The molecule has 3 nitrogen and oxygen atoms in total. The Balaban J connectivity index is 2.07. The molecule has 0 aromatic heterocycles. The van der Waals surface area contributed by atoms with Crippen molar-refractivity contribution in [3.8, 4) is 0 Å². The summed E-state index contributed by atoms with van der Waals surface area (Å²) in [7, 11) is 0. The van der Waals surface area contributed by atoms with Crippen LogP contribution in [0.5, 0.6) is 0 Å². The molecule has 2 fully saturated rings. The van der Waals surface area contributed by atoms with Crippen LogP contribution in [0.15, 0.2) is 0 Å². The van der Waals surface area contributed by atoms with Crippen molar-refractivity contribution < 1.29 is 9.59 Å². The summed E-state index contributed by atoms with van der Waals surface area (Å²) in [6.45, 7) is 0.673. The summed E-state index contributed by atoms with van der Waals surface area (Å²) < 4.78 is 0.634. The van der Waals surface area contributed by atoms with Crippen LogP contribution in [-0.4, -0.2) is 33.2 Å². The number of thioether (sulfide) groups is 1. The summed E-state index contributed by atoms with van der Waals surface area (Å²) >= 11 is 6.57. The van der Waals surface area contributed by atoms with Gasteiger partial charge in [0.1, 0.15) is 10.1 Å². The number of thiocarbonyl (C=S) groups is 1. The molecule has 1 atom stereocenters. The topological polar surface area (TPSA) is 37.4 Å². The summed E-state index contributed by atoms with van der Waals surface area (Å²) in [4.78, 5) is 24.8. The van der Waals surface area contributed by atoms with Crippen molar-refractivity contribution in [3.05, 3.63) is 0 Å². The summed E-state index contributed by atoms with van der Waals surface area (Å²) in [6.07, 6.45) is 2.12. The minimum Gasteiger partial charge on any atom is -0.299 e. The Bertz CT molecular complexity index is 275. The molecule has 1 unspecified atom stereocenters. The lowest BCUT2D eigenvalue weighted by molar-refractivity contribution is -0.136. The predicted molar refractivity (Wildman–Crippen MR) is 59.1 cm³/mol. The van der Waals surface area contributed by atoms with E-state index in [2.05, 4.69) is 0 Å². The Morgan fingerprint density at radius 1 is 1.57 bits per heavy atom. The van der Waals surface area contributed by atoms with Crippen molar-refractivity contribution >= 4 is 40.0 Å². The highest BCUT2D eigenvalue weighted by Crippen LogP contribution is 2.27. The van der Waals surface area contributed by atoms with E-state index in [4.69, 9.17) is 12.2 Å². The molecule has 14 heavy (non-hydrogen) atoms. The fourth-order valence-electron chi connectivity index (χ4n) is 1.86. The van der Waals surface area contributed by atoms with E-state index in [1.54, 1.807) is 4.90 Å². The van der Waals surface area contributed by atoms with Gasteiger partial charge in [0.15, 0.2) is 0 Å². The molecule has 1 heterocycles. The standard InChI is InChI=1S/C9H11NO2S2/c11-7-3-1-2-6(7)8(12)10-4-5-14-9(10)13/h6H,1-5H2. The quantitative estimate of drug-likeness (QED) is 0.500. The zero-order valence-electron chi connectivity index (χ0n) is 7.69. The minimum atomic E-state index is -0.397. The van der Waals surface area contributed by atoms with Crippen molar-refractivity contribution in [2.24, 2.45) is 5.92 Å². The molecule has 2 aliphatic rings. The minimum absolute atomic E-state index is 0.0671. The fourth-order valence-corrected chi connectivity index (χ4v) is 3.08. The molecule has 0 spiro atoms. The molecule has 5 heteroatoms. The first kappa shape index (κ1) is 10.1. The van der Waals surface area contributed by atoms with E-state index >= 15 is 0 Å². The van der Waals surface area contributed by atoms with Crippen molar-refractivity contribution in [1.82, 2.24) is 4.90 Å². The molecule has 1 aliphatic carbocycles. The Kier molecular flexibility index (Phi) is 2.88. The van der Waals surface area contributed by atoms with Gasteiger partial charge >= 0.3 is 0 Å². The van der Waals surface area contributed by atoms with Crippen LogP contribution >= 0.6 is 24.0 Å². The average molecular weight is 229 g/mol. The van der Waals surface area contributed by atoms with Crippen LogP contribution in [0.2, 0.25) is 0 Å². The number of nitrogens with zero attached hydrogens (tertiary/aromatic N) is 1. The van der Waals surface area contributed by atoms with Crippen molar-refractivity contribution in [3.63, 3.8) is 0 Å². The third-order valence-corrected chi connectivity index (χ3v) is 4.06. The Labute approximate surface area is 92.2 Å². The van der Waals surface area contributed by atoms with E-state index in [0.29, 0.717) is 23.7 Å². The van der Waals surface area contributed by atoms with E-state index in [9.17, 15) is 9.59 Å². The average Bonchev–Trinajstić information content (AvgIpc) is 2.73. The highest BCUT2D eigenvalue weighted by Gasteiger charge is 2.36. The van der Waals surface area contributed by atoms with Crippen molar-refractivity contribution in [2.45, 2.75) is 19.3 Å². The monoisotopic (exact) mass is 229 g/mol. The van der Waals surface area contributed by atoms with Crippen LogP contribution in [0.4, 0.5) is 0 Å². The zero-order chi connectivity index (χ0) is 10.1. The van der Waals surface area contributed by atoms with Crippen LogP contribution in [0.3, 0.4) is 0 Å². The molecule has 2 rings (SSSR count). The second-order valence-corrected chi connectivity index (χ2v) is 5.24.